The van der Waals surface area contributed by atoms with Crippen molar-refractivity contribution in [3.8, 4) is 11.1 Å². The first kappa shape index (κ1) is 24.0. The molecule has 0 N–H and O–H groups in total. The van der Waals surface area contributed by atoms with Gasteiger partial charge in [0, 0.05) is 18.7 Å². The van der Waals surface area contributed by atoms with Crippen molar-refractivity contribution < 1.29 is 4.79 Å². The van der Waals surface area contributed by atoms with Gasteiger partial charge in [0.25, 0.3) is 5.91 Å². The first-order valence-electron chi connectivity index (χ1n) is 13.7. The van der Waals surface area contributed by atoms with Crippen molar-refractivity contribution in [2.75, 3.05) is 6.54 Å². The van der Waals surface area contributed by atoms with Gasteiger partial charge in [0.05, 0.1) is 16.6 Å². The molecule has 2 fully saturated rings. The molecule has 1 aromatic heterocycles. The average Bonchev–Trinajstić information content (AvgIpc) is 3.51. The number of benzene rings is 3. The largest absolute Gasteiger partial charge is 0.326 e. The Labute approximate surface area is 220 Å². The van der Waals surface area contributed by atoms with E-state index in [2.05, 4.69) is 98.7 Å². The van der Waals surface area contributed by atoms with Crippen molar-refractivity contribution >= 4 is 16.9 Å². The van der Waals surface area contributed by atoms with Gasteiger partial charge in [0.15, 0.2) is 0 Å². The predicted molar refractivity (Wildman–Crippen MR) is 151 cm³/mol. The first-order valence-corrected chi connectivity index (χ1v) is 13.7. The Bertz CT molecular complexity index is 1530. The van der Waals surface area contributed by atoms with Crippen LogP contribution >= 0.6 is 0 Å². The number of rotatable bonds is 5. The van der Waals surface area contributed by atoms with Crippen molar-refractivity contribution in [1.82, 2.24) is 14.5 Å². The maximum Gasteiger partial charge on any atom is 0.255 e. The van der Waals surface area contributed by atoms with E-state index in [1.807, 2.05) is 0 Å². The molecule has 2 aliphatic rings. The standard InChI is InChI=1S/C33H37N3O/c1-21-8-6-9-26(16-21)27-13-10-22(2)17-28(27)31(37)36-15-7-14-33(36,5)32-34-29-18-23(3)24(4)19-30(29)35(32)20-25-11-12-25/h6,8-10,13,16-19,25H,7,11-12,14-15,20H2,1-5H3/t33-/m0/s1. The minimum atomic E-state index is -0.444. The summed E-state index contributed by atoms with van der Waals surface area (Å²) in [5.41, 5.74) is 9.56. The number of carbonyl (C=O) groups excluding carboxylic acids is 1. The van der Waals surface area contributed by atoms with Gasteiger partial charge in [-0.05, 0) is 107 Å². The Kier molecular flexibility index (Phi) is 5.74. The van der Waals surface area contributed by atoms with Crippen LogP contribution < -0.4 is 0 Å². The molecule has 1 aliphatic heterocycles. The minimum absolute atomic E-state index is 0.109. The molecule has 37 heavy (non-hydrogen) atoms. The minimum Gasteiger partial charge on any atom is -0.326 e. The average molecular weight is 492 g/mol. The Morgan fingerprint density at radius 3 is 2.49 bits per heavy atom. The van der Waals surface area contributed by atoms with Gasteiger partial charge < -0.3 is 9.47 Å². The molecule has 0 bridgehead atoms. The molecule has 190 valence electrons. The summed E-state index contributed by atoms with van der Waals surface area (Å²) in [4.78, 5) is 21.8. The molecule has 1 saturated carbocycles. The van der Waals surface area contributed by atoms with Crippen LogP contribution in [0.3, 0.4) is 0 Å². The van der Waals surface area contributed by atoms with Crippen LogP contribution in [0, 0.1) is 33.6 Å². The normalized spacial score (nSPS) is 19.6. The van der Waals surface area contributed by atoms with Crippen LogP contribution in [0.25, 0.3) is 22.2 Å². The molecule has 4 nitrogen and oxygen atoms in total. The van der Waals surface area contributed by atoms with Gasteiger partial charge in [-0.25, -0.2) is 4.98 Å². The Balaban J connectivity index is 1.47. The Hall–Kier alpha value is -3.40. The summed E-state index contributed by atoms with van der Waals surface area (Å²) in [7, 11) is 0. The van der Waals surface area contributed by atoms with Gasteiger partial charge in [0.1, 0.15) is 5.82 Å². The number of amides is 1. The maximum absolute atomic E-state index is 14.4. The summed E-state index contributed by atoms with van der Waals surface area (Å²) in [6.07, 6.45) is 4.48. The maximum atomic E-state index is 14.4. The second-order valence-electron chi connectivity index (χ2n) is 11.7. The predicted octanol–water partition coefficient (Wildman–Crippen LogP) is 7.50. The highest BCUT2D eigenvalue weighted by Crippen LogP contribution is 2.43. The molecule has 1 amide bonds. The third-order valence-corrected chi connectivity index (χ3v) is 8.60. The number of carbonyl (C=O) groups is 1. The van der Waals surface area contributed by atoms with Gasteiger partial charge in [-0.3, -0.25) is 4.79 Å². The van der Waals surface area contributed by atoms with Crippen LogP contribution in [-0.2, 0) is 12.1 Å². The van der Waals surface area contributed by atoms with E-state index in [9.17, 15) is 4.79 Å². The number of nitrogens with zero attached hydrogens (tertiary/aromatic N) is 3. The van der Waals surface area contributed by atoms with Gasteiger partial charge in [-0.2, -0.15) is 0 Å². The fourth-order valence-electron chi connectivity index (χ4n) is 6.10. The molecular formula is C33H37N3O. The summed E-state index contributed by atoms with van der Waals surface area (Å²) in [5, 5.41) is 0. The number of imidazole rings is 1. The molecule has 4 heteroatoms. The number of likely N-dealkylation sites (tertiary alicyclic amines) is 1. The molecule has 0 spiro atoms. The zero-order valence-electron chi connectivity index (χ0n) is 22.8. The molecule has 1 aliphatic carbocycles. The molecule has 6 rings (SSSR count). The number of hydrogen-bond donors (Lipinski definition) is 0. The van der Waals surface area contributed by atoms with Crippen molar-refractivity contribution in [2.45, 2.75) is 72.4 Å². The highest BCUT2D eigenvalue weighted by Gasteiger charge is 2.45. The van der Waals surface area contributed by atoms with E-state index < -0.39 is 5.54 Å². The number of aryl methyl sites for hydroxylation is 4. The molecule has 1 saturated heterocycles. The van der Waals surface area contributed by atoms with Crippen LogP contribution in [0.5, 0.6) is 0 Å². The lowest BCUT2D eigenvalue weighted by atomic mass is 9.93. The lowest BCUT2D eigenvalue weighted by Crippen LogP contribution is -2.45. The van der Waals surface area contributed by atoms with E-state index in [1.165, 1.54) is 35.0 Å². The van der Waals surface area contributed by atoms with Crippen LogP contribution in [0.2, 0.25) is 0 Å². The zero-order chi connectivity index (χ0) is 25.9. The van der Waals surface area contributed by atoms with Crippen LogP contribution in [0.15, 0.2) is 54.6 Å². The van der Waals surface area contributed by atoms with Crippen molar-refractivity contribution in [3.05, 3.63) is 88.2 Å². The van der Waals surface area contributed by atoms with Gasteiger partial charge in [-0.15, -0.1) is 0 Å². The second-order valence-corrected chi connectivity index (χ2v) is 11.7. The van der Waals surface area contributed by atoms with Crippen LogP contribution in [0.4, 0.5) is 0 Å². The molecular weight excluding hydrogens is 454 g/mol. The molecule has 0 unspecified atom stereocenters. The summed E-state index contributed by atoms with van der Waals surface area (Å²) < 4.78 is 2.45. The molecule has 2 heterocycles. The van der Waals surface area contributed by atoms with E-state index >= 15 is 0 Å². The van der Waals surface area contributed by atoms with Crippen molar-refractivity contribution in [2.24, 2.45) is 5.92 Å². The summed E-state index contributed by atoms with van der Waals surface area (Å²) >= 11 is 0. The second kappa shape index (κ2) is 8.86. The van der Waals surface area contributed by atoms with E-state index in [0.717, 1.165) is 65.4 Å². The molecule has 1 atom stereocenters. The summed E-state index contributed by atoms with van der Waals surface area (Å²) in [5.74, 6) is 1.88. The first-order chi connectivity index (χ1) is 17.7. The lowest BCUT2D eigenvalue weighted by molar-refractivity contribution is 0.0598. The smallest absolute Gasteiger partial charge is 0.255 e. The SMILES string of the molecule is Cc1cccc(-c2ccc(C)cc2C(=O)N2CCC[C@@]2(C)c2nc3cc(C)c(C)cc3n2CC2CC2)c1. The fourth-order valence-corrected chi connectivity index (χ4v) is 6.10. The highest BCUT2D eigenvalue weighted by molar-refractivity contribution is 6.01. The topological polar surface area (TPSA) is 38.1 Å². The quantitative estimate of drug-likeness (QED) is 0.290. The van der Waals surface area contributed by atoms with Crippen molar-refractivity contribution in [3.63, 3.8) is 0 Å². The Morgan fingerprint density at radius 2 is 1.73 bits per heavy atom. The van der Waals surface area contributed by atoms with Gasteiger partial charge in [0.2, 0.25) is 0 Å². The van der Waals surface area contributed by atoms with Crippen LogP contribution in [0.1, 0.15) is 71.0 Å². The molecule has 0 radical (unpaired) electrons. The van der Waals surface area contributed by atoms with E-state index in [-0.39, 0.29) is 5.91 Å². The Morgan fingerprint density at radius 1 is 0.973 bits per heavy atom. The number of aromatic nitrogens is 2. The summed E-state index contributed by atoms with van der Waals surface area (Å²) in [6.45, 7) is 12.5. The van der Waals surface area contributed by atoms with E-state index in [0.29, 0.717) is 0 Å². The van der Waals surface area contributed by atoms with Gasteiger partial charge >= 0.3 is 0 Å². The summed E-state index contributed by atoms with van der Waals surface area (Å²) in [6, 6.07) is 19.3. The molecule has 4 aromatic rings. The van der Waals surface area contributed by atoms with Crippen molar-refractivity contribution in [1.29, 1.82) is 0 Å². The number of hydrogen-bond acceptors (Lipinski definition) is 2. The monoisotopic (exact) mass is 491 g/mol. The zero-order valence-corrected chi connectivity index (χ0v) is 22.8. The van der Waals surface area contributed by atoms with Gasteiger partial charge in [-0.1, -0.05) is 47.5 Å². The third kappa shape index (κ3) is 4.17. The number of fused-ring (bicyclic) bond motifs is 1. The van der Waals surface area contributed by atoms with E-state index in [4.69, 9.17) is 4.98 Å². The fraction of sp³-hybridized carbons (Fsp3) is 0.394. The highest BCUT2D eigenvalue weighted by atomic mass is 16.2. The lowest BCUT2D eigenvalue weighted by Gasteiger charge is -2.36. The van der Waals surface area contributed by atoms with Crippen LogP contribution in [-0.4, -0.2) is 26.9 Å². The molecule has 3 aromatic carbocycles. The third-order valence-electron chi connectivity index (χ3n) is 8.60. The van der Waals surface area contributed by atoms with E-state index in [1.54, 1.807) is 0 Å².